The number of hydrogen-bond acceptors (Lipinski definition) is 9. The largest absolute Gasteiger partial charge is 0.508 e. The van der Waals surface area contributed by atoms with Gasteiger partial charge in [0, 0.05) is 41.0 Å². The zero-order chi connectivity index (χ0) is 26.2. The first-order valence-corrected chi connectivity index (χ1v) is 11.3. The molecule has 12 heteroatoms. The van der Waals surface area contributed by atoms with Crippen LogP contribution in [0.3, 0.4) is 0 Å². The number of benzene rings is 3. The lowest BCUT2D eigenvalue weighted by Crippen LogP contribution is -2.33. The van der Waals surface area contributed by atoms with Crippen molar-refractivity contribution >= 4 is 35.1 Å². The normalized spacial score (nSPS) is 14.4. The summed E-state index contributed by atoms with van der Waals surface area (Å²) in [6.45, 7) is 0. The summed E-state index contributed by atoms with van der Waals surface area (Å²) in [4.78, 5) is 31.2. The third-order valence-electron chi connectivity index (χ3n) is 6.12. The van der Waals surface area contributed by atoms with Gasteiger partial charge in [-0.05, 0) is 30.3 Å². The predicted molar refractivity (Wildman–Crippen MR) is 127 cm³/mol. The number of aromatic hydroxyl groups is 4. The maximum absolute atomic E-state index is 13.3. The van der Waals surface area contributed by atoms with Crippen LogP contribution in [-0.4, -0.2) is 37.1 Å². The van der Waals surface area contributed by atoms with Crippen LogP contribution < -0.4 is 9.57 Å². The van der Waals surface area contributed by atoms with E-state index in [4.69, 9.17) is 37.5 Å². The van der Waals surface area contributed by atoms with Crippen molar-refractivity contribution in [2.24, 2.45) is 0 Å². The molecule has 6 rings (SSSR count). The Labute approximate surface area is 217 Å². The number of phenols is 2. The van der Waals surface area contributed by atoms with Crippen LogP contribution in [0.15, 0.2) is 54.6 Å². The van der Waals surface area contributed by atoms with E-state index in [1.807, 2.05) is 0 Å². The number of halogens is 2. The number of hydrogen-bond donors (Lipinski definition) is 4. The average Bonchev–Trinajstić information content (AvgIpc) is 3.33. The van der Waals surface area contributed by atoms with E-state index in [1.54, 1.807) is 0 Å². The Morgan fingerprint density at radius 3 is 2.00 bits per heavy atom. The number of esters is 1. The minimum Gasteiger partial charge on any atom is -0.508 e. The molecule has 0 aliphatic carbocycles. The minimum absolute atomic E-state index is 0.0990. The number of fused-ring (bicyclic) bond motifs is 6. The lowest BCUT2D eigenvalue weighted by molar-refractivity contribution is 0.0224. The molecule has 4 aromatic rings. The van der Waals surface area contributed by atoms with E-state index in [1.165, 1.54) is 42.5 Å². The molecule has 3 heterocycles. The fraction of sp³-hybridized carbons (Fsp3) is 0.0400. The quantitative estimate of drug-likeness (QED) is 0.270. The second-order valence-corrected chi connectivity index (χ2v) is 9.01. The highest BCUT2D eigenvalue weighted by atomic mass is 35.5. The SMILES string of the molecule is O=C(On1c(O)ccc1O)c1cc(Cl)c2c(c1Cl)C(=O)OC21c2ccc(O)cc2Oc2cc(O)ccc21. The van der Waals surface area contributed by atoms with Crippen LogP contribution in [0, 0.1) is 0 Å². The van der Waals surface area contributed by atoms with Crippen LogP contribution in [-0.2, 0) is 10.3 Å². The van der Waals surface area contributed by atoms with Gasteiger partial charge in [0.2, 0.25) is 11.8 Å². The van der Waals surface area contributed by atoms with E-state index in [0.29, 0.717) is 15.9 Å². The van der Waals surface area contributed by atoms with Gasteiger partial charge in [-0.1, -0.05) is 23.2 Å². The van der Waals surface area contributed by atoms with E-state index >= 15 is 0 Å². The molecule has 10 nitrogen and oxygen atoms in total. The maximum atomic E-state index is 13.3. The lowest BCUT2D eigenvalue weighted by Gasteiger charge is -2.36. The number of aromatic nitrogens is 1. The Morgan fingerprint density at radius 2 is 1.43 bits per heavy atom. The van der Waals surface area contributed by atoms with Crippen molar-refractivity contribution < 1.29 is 44.3 Å². The lowest BCUT2D eigenvalue weighted by atomic mass is 9.77. The molecule has 2 aliphatic heterocycles. The highest BCUT2D eigenvalue weighted by Gasteiger charge is 2.56. The monoisotopic (exact) mass is 541 g/mol. The average molecular weight is 542 g/mol. The number of phenolic OH excluding ortho intramolecular Hbond substituents is 2. The summed E-state index contributed by atoms with van der Waals surface area (Å²) in [7, 11) is 0. The molecule has 0 bridgehead atoms. The zero-order valence-electron chi connectivity index (χ0n) is 18.2. The molecule has 3 aromatic carbocycles. The Kier molecular flexibility index (Phi) is 4.78. The molecule has 1 aromatic heterocycles. The van der Waals surface area contributed by atoms with Crippen molar-refractivity contribution in [3.8, 4) is 34.8 Å². The summed E-state index contributed by atoms with van der Waals surface area (Å²) >= 11 is 13.2. The Morgan fingerprint density at radius 1 is 0.865 bits per heavy atom. The second-order valence-electron chi connectivity index (χ2n) is 8.23. The molecule has 37 heavy (non-hydrogen) atoms. The summed E-state index contributed by atoms with van der Waals surface area (Å²) < 4.78 is 12.3. The summed E-state index contributed by atoms with van der Waals surface area (Å²) in [6.07, 6.45) is 0. The first kappa shape index (κ1) is 22.9. The molecule has 0 unspecified atom stereocenters. The van der Waals surface area contributed by atoms with Crippen molar-refractivity contribution in [1.82, 2.24) is 4.73 Å². The molecule has 0 fully saturated rings. The zero-order valence-corrected chi connectivity index (χ0v) is 19.7. The number of carbonyl (C=O) groups is 2. The molecule has 186 valence electrons. The number of rotatable bonds is 2. The molecular formula is C25H13Cl2NO9. The topological polar surface area (TPSA) is 148 Å². The van der Waals surface area contributed by atoms with Gasteiger partial charge < -0.3 is 34.7 Å². The summed E-state index contributed by atoms with van der Waals surface area (Å²) in [5.74, 6) is -3.15. The molecule has 0 saturated heterocycles. The van der Waals surface area contributed by atoms with Gasteiger partial charge in [-0.3, -0.25) is 0 Å². The van der Waals surface area contributed by atoms with Gasteiger partial charge >= 0.3 is 11.9 Å². The highest BCUT2D eigenvalue weighted by Crippen LogP contribution is 2.59. The second kappa shape index (κ2) is 7.73. The van der Waals surface area contributed by atoms with Gasteiger partial charge in [-0.2, -0.15) is 0 Å². The Bertz CT molecular complexity index is 1610. The summed E-state index contributed by atoms with van der Waals surface area (Å²) in [5.41, 5.74) is -1.53. The van der Waals surface area contributed by atoms with Crippen molar-refractivity contribution in [3.05, 3.63) is 92.5 Å². The fourth-order valence-corrected chi connectivity index (χ4v) is 5.23. The minimum atomic E-state index is -1.70. The summed E-state index contributed by atoms with van der Waals surface area (Å²) in [6, 6.07) is 11.7. The van der Waals surface area contributed by atoms with Crippen molar-refractivity contribution in [2.75, 3.05) is 0 Å². The van der Waals surface area contributed by atoms with Crippen LogP contribution in [0.5, 0.6) is 34.8 Å². The van der Waals surface area contributed by atoms with Crippen molar-refractivity contribution in [2.45, 2.75) is 5.60 Å². The number of nitrogens with zero attached hydrogens (tertiary/aromatic N) is 1. The van der Waals surface area contributed by atoms with E-state index in [-0.39, 0.29) is 49.7 Å². The Balaban J connectivity index is 1.59. The van der Waals surface area contributed by atoms with E-state index in [0.717, 1.165) is 12.1 Å². The van der Waals surface area contributed by atoms with Crippen molar-refractivity contribution in [1.29, 1.82) is 0 Å². The molecule has 1 spiro atoms. The van der Waals surface area contributed by atoms with Gasteiger partial charge in [0.05, 0.1) is 21.2 Å². The highest BCUT2D eigenvalue weighted by molar-refractivity contribution is 6.39. The first-order chi connectivity index (χ1) is 17.6. The molecular weight excluding hydrogens is 529 g/mol. The number of ether oxygens (including phenoxy) is 2. The maximum Gasteiger partial charge on any atom is 0.365 e. The predicted octanol–water partition coefficient (Wildman–Crippen LogP) is 4.45. The van der Waals surface area contributed by atoms with Gasteiger partial charge in [-0.15, -0.1) is 4.73 Å². The van der Waals surface area contributed by atoms with E-state index in [9.17, 15) is 30.0 Å². The molecule has 2 aliphatic rings. The molecule has 0 atom stereocenters. The smallest absolute Gasteiger partial charge is 0.365 e. The summed E-state index contributed by atoms with van der Waals surface area (Å²) in [5, 5.41) is 39.2. The van der Waals surface area contributed by atoms with E-state index < -0.39 is 29.3 Å². The van der Waals surface area contributed by atoms with Gasteiger partial charge in [0.15, 0.2) is 5.60 Å². The van der Waals surface area contributed by atoms with Gasteiger partial charge in [0.1, 0.15) is 23.0 Å². The Hall–Kier alpha value is -4.54. The molecule has 0 amide bonds. The van der Waals surface area contributed by atoms with E-state index in [2.05, 4.69) is 0 Å². The van der Waals surface area contributed by atoms with Crippen LogP contribution in [0.4, 0.5) is 0 Å². The van der Waals surface area contributed by atoms with Gasteiger partial charge in [-0.25, -0.2) is 9.59 Å². The number of carbonyl (C=O) groups excluding carboxylic acids is 2. The molecule has 0 saturated carbocycles. The third kappa shape index (κ3) is 3.13. The van der Waals surface area contributed by atoms with Crippen molar-refractivity contribution in [3.63, 3.8) is 0 Å². The van der Waals surface area contributed by atoms with Gasteiger partial charge in [0.25, 0.3) is 0 Å². The molecule has 4 N–H and O–H groups in total. The fourth-order valence-electron chi connectivity index (χ4n) is 4.59. The first-order valence-electron chi connectivity index (χ1n) is 10.5. The van der Waals surface area contributed by atoms with Crippen LogP contribution in [0.1, 0.15) is 37.4 Å². The van der Waals surface area contributed by atoms with Crippen LogP contribution in [0.2, 0.25) is 10.0 Å². The standard InChI is InChI=1S/C25H13Cl2NO9/c26-15-9-12(23(33)37-28-18(31)5-6-19(28)32)22(27)20-21(15)25(36-24(20)34)13-3-1-10(29)7-16(13)35-17-8-11(30)2-4-14(17)25/h1-9,29-32H. The van der Waals surface area contributed by atoms with Crippen LogP contribution >= 0.6 is 23.2 Å². The third-order valence-corrected chi connectivity index (χ3v) is 6.81. The van der Waals surface area contributed by atoms with Crippen LogP contribution in [0.25, 0.3) is 0 Å². The molecule has 0 radical (unpaired) electrons.